The van der Waals surface area contributed by atoms with Crippen LogP contribution in [0.15, 0.2) is 71.8 Å². The van der Waals surface area contributed by atoms with Crippen molar-refractivity contribution in [3.05, 3.63) is 78.0 Å². The first-order valence-corrected chi connectivity index (χ1v) is 10.8. The van der Waals surface area contributed by atoms with Crippen molar-refractivity contribution < 1.29 is 19.4 Å². The summed E-state index contributed by atoms with van der Waals surface area (Å²) in [5, 5.41) is 8.72. The van der Waals surface area contributed by atoms with E-state index in [-0.39, 0.29) is 5.75 Å². The predicted octanol–water partition coefficient (Wildman–Crippen LogP) is 5.47. The molecule has 156 valence electrons. The van der Waals surface area contributed by atoms with E-state index in [0.717, 1.165) is 34.1 Å². The average Bonchev–Trinajstić information content (AvgIpc) is 2.77. The lowest BCUT2D eigenvalue weighted by Gasteiger charge is -2.24. The Morgan fingerprint density at radius 2 is 1.93 bits per heavy atom. The number of benzene rings is 2. The first kappa shape index (κ1) is 21.5. The van der Waals surface area contributed by atoms with Crippen LogP contribution in [0.2, 0.25) is 0 Å². The van der Waals surface area contributed by atoms with Crippen LogP contribution in [0.5, 0.6) is 11.5 Å². The fourth-order valence-corrected chi connectivity index (χ4v) is 3.43. The van der Waals surface area contributed by atoms with E-state index in [0.29, 0.717) is 13.2 Å². The van der Waals surface area contributed by atoms with E-state index in [2.05, 4.69) is 26.8 Å². The topological polar surface area (TPSA) is 71.9 Å². The Morgan fingerprint density at radius 3 is 2.57 bits per heavy atom. The number of hydrogen-bond donors (Lipinski definition) is 1. The number of thioether (sulfide) groups is 1. The first-order valence-electron chi connectivity index (χ1n) is 9.54. The number of aromatic nitrogens is 1. The van der Waals surface area contributed by atoms with Gasteiger partial charge in [0.1, 0.15) is 18.2 Å². The molecule has 0 spiro atoms. The van der Waals surface area contributed by atoms with E-state index >= 15 is 0 Å². The van der Waals surface area contributed by atoms with Gasteiger partial charge in [0, 0.05) is 23.5 Å². The minimum Gasteiger partial charge on any atom is -0.489 e. The fourth-order valence-electron chi connectivity index (χ4n) is 2.96. The van der Waals surface area contributed by atoms with Crippen molar-refractivity contribution in [3.8, 4) is 11.5 Å². The maximum absolute atomic E-state index is 10.7. The lowest BCUT2D eigenvalue weighted by Crippen LogP contribution is -2.23. The summed E-state index contributed by atoms with van der Waals surface area (Å²) in [6, 6.07) is 19.6. The van der Waals surface area contributed by atoms with E-state index in [9.17, 15) is 4.79 Å². The molecule has 0 amide bonds. The number of carboxylic acid groups (broad SMARTS) is 1. The minimum atomic E-state index is -1.36. The summed E-state index contributed by atoms with van der Waals surface area (Å²) in [4.78, 5) is 18.3. The van der Waals surface area contributed by atoms with E-state index < -0.39 is 6.16 Å². The molecule has 0 bridgehead atoms. The highest BCUT2D eigenvalue weighted by Crippen LogP contribution is 2.28. The summed E-state index contributed by atoms with van der Waals surface area (Å²) in [5.74, 6) is 1.76. The molecular weight excluding hydrogens is 400 g/mol. The molecule has 0 radical (unpaired) electrons. The van der Waals surface area contributed by atoms with Crippen LogP contribution in [0.3, 0.4) is 0 Å². The molecule has 0 atom stereocenters. The van der Waals surface area contributed by atoms with Crippen molar-refractivity contribution in [2.45, 2.75) is 25.0 Å². The maximum Gasteiger partial charge on any atom is 0.511 e. The fraction of sp³-hybridized carbons (Fsp3) is 0.217. The SMILES string of the molecule is CCN(Cc1cc(SC)ccc1OCc1ccccc1)c1ccc(OC(=O)O)cn1. The average molecular weight is 425 g/mol. The predicted molar refractivity (Wildman–Crippen MR) is 119 cm³/mol. The second-order valence-corrected chi connectivity index (χ2v) is 7.36. The third-order valence-corrected chi connectivity index (χ3v) is 5.22. The molecule has 3 aromatic rings. The van der Waals surface area contributed by atoms with Gasteiger partial charge in [-0.3, -0.25) is 0 Å². The second-order valence-electron chi connectivity index (χ2n) is 6.48. The van der Waals surface area contributed by atoms with Gasteiger partial charge in [-0.05, 0) is 49.1 Å². The summed E-state index contributed by atoms with van der Waals surface area (Å²) in [6.45, 7) is 3.89. The van der Waals surface area contributed by atoms with Crippen molar-refractivity contribution in [3.63, 3.8) is 0 Å². The number of hydrogen-bond acceptors (Lipinski definition) is 6. The van der Waals surface area contributed by atoms with Gasteiger partial charge in [-0.15, -0.1) is 11.8 Å². The van der Waals surface area contributed by atoms with Gasteiger partial charge in [-0.2, -0.15) is 0 Å². The smallest absolute Gasteiger partial charge is 0.489 e. The van der Waals surface area contributed by atoms with E-state index in [1.807, 2.05) is 49.6 Å². The van der Waals surface area contributed by atoms with Gasteiger partial charge < -0.3 is 19.5 Å². The Hall–Kier alpha value is -3.19. The lowest BCUT2D eigenvalue weighted by molar-refractivity contribution is 0.144. The highest BCUT2D eigenvalue weighted by atomic mass is 32.2. The Bertz CT molecular complexity index is 965. The highest BCUT2D eigenvalue weighted by Gasteiger charge is 2.13. The summed E-state index contributed by atoms with van der Waals surface area (Å²) >= 11 is 1.68. The Kier molecular flexibility index (Phi) is 7.57. The largest absolute Gasteiger partial charge is 0.511 e. The van der Waals surface area contributed by atoms with Gasteiger partial charge >= 0.3 is 6.16 Å². The van der Waals surface area contributed by atoms with Crippen molar-refractivity contribution in [1.29, 1.82) is 0 Å². The van der Waals surface area contributed by atoms with Gasteiger partial charge in [0.25, 0.3) is 0 Å². The molecule has 30 heavy (non-hydrogen) atoms. The van der Waals surface area contributed by atoms with Gasteiger partial charge in [0.2, 0.25) is 0 Å². The summed E-state index contributed by atoms with van der Waals surface area (Å²) in [6.07, 6.45) is 2.10. The van der Waals surface area contributed by atoms with E-state index in [1.165, 1.54) is 6.20 Å². The number of ether oxygens (including phenoxy) is 2. The zero-order valence-corrected chi connectivity index (χ0v) is 17.8. The number of rotatable bonds is 9. The van der Waals surface area contributed by atoms with E-state index in [4.69, 9.17) is 9.84 Å². The van der Waals surface area contributed by atoms with Gasteiger partial charge in [-0.25, -0.2) is 9.78 Å². The van der Waals surface area contributed by atoms with Crippen LogP contribution in [0, 0.1) is 0 Å². The number of pyridine rings is 1. The molecule has 2 aromatic carbocycles. The highest BCUT2D eigenvalue weighted by molar-refractivity contribution is 7.98. The quantitative estimate of drug-likeness (QED) is 0.361. The minimum absolute atomic E-state index is 0.193. The zero-order valence-electron chi connectivity index (χ0n) is 16.9. The summed E-state index contributed by atoms with van der Waals surface area (Å²) in [5.41, 5.74) is 2.17. The molecule has 1 N–H and O–H groups in total. The lowest BCUT2D eigenvalue weighted by atomic mass is 10.1. The molecule has 6 nitrogen and oxygen atoms in total. The molecule has 0 aliphatic carbocycles. The molecule has 0 saturated carbocycles. The maximum atomic E-state index is 10.7. The van der Waals surface area contributed by atoms with Gasteiger partial charge in [0.15, 0.2) is 5.75 Å². The molecule has 7 heteroatoms. The van der Waals surface area contributed by atoms with Crippen molar-refractivity contribution in [2.75, 3.05) is 17.7 Å². The van der Waals surface area contributed by atoms with Crippen LogP contribution < -0.4 is 14.4 Å². The van der Waals surface area contributed by atoms with Gasteiger partial charge in [-0.1, -0.05) is 30.3 Å². The summed E-state index contributed by atoms with van der Waals surface area (Å²) in [7, 11) is 0. The van der Waals surface area contributed by atoms with Gasteiger partial charge in [0.05, 0.1) is 6.20 Å². The summed E-state index contributed by atoms with van der Waals surface area (Å²) < 4.78 is 10.8. The normalized spacial score (nSPS) is 10.5. The van der Waals surface area contributed by atoms with Crippen LogP contribution in [-0.2, 0) is 13.2 Å². The Morgan fingerprint density at radius 1 is 1.13 bits per heavy atom. The Labute approximate surface area is 180 Å². The standard InChI is InChI=1S/C23H24N2O4S/c1-3-25(22-12-9-19(14-24-22)29-23(26)27)15-18-13-20(30-2)10-11-21(18)28-16-17-7-5-4-6-8-17/h4-14H,3,15-16H2,1-2H3,(H,26,27). The molecular formula is C23H24N2O4S. The van der Waals surface area contributed by atoms with Crippen molar-refractivity contribution >= 4 is 23.7 Å². The molecule has 0 aliphatic rings. The third kappa shape index (κ3) is 5.90. The van der Waals surface area contributed by atoms with Crippen LogP contribution in [0.4, 0.5) is 10.6 Å². The molecule has 1 heterocycles. The third-order valence-electron chi connectivity index (χ3n) is 4.50. The van der Waals surface area contributed by atoms with Crippen LogP contribution in [-0.4, -0.2) is 29.0 Å². The zero-order chi connectivity index (χ0) is 21.3. The number of carbonyl (C=O) groups is 1. The van der Waals surface area contributed by atoms with E-state index in [1.54, 1.807) is 23.9 Å². The molecule has 0 saturated heterocycles. The number of anilines is 1. The monoisotopic (exact) mass is 424 g/mol. The van der Waals surface area contributed by atoms with Crippen LogP contribution >= 0.6 is 11.8 Å². The van der Waals surface area contributed by atoms with Crippen molar-refractivity contribution in [2.24, 2.45) is 0 Å². The van der Waals surface area contributed by atoms with Crippen molar-refractivity contribution in [1.82, 2.24) is 4.98 Å². The van der Waals surface area contributed by atoms with Crippen LogP contribution in [0.1, 0.15) is 18.1 Å². The molecule has 0 fully saturated rings. The molecule has 0 unspecified atom stereocenters. The second kappa shape index (κ2) is 10.5. The molecule has 1 aromatic heterocycles. The van der Waals surface area contributed by atoms with Crippen LogP contribution in [0.25, 0.3) is 0 Å². The number of nitrogens with zero attached hydrogens (tertiary/aromatic N) is 2. The Balaban J connectivity index is 1.79. The molecule has 0 aliphatic heterocycles. The first-order chi connectivity index (χ1) is 14.6. The molecule has 3 rings (SSSR count).